The molecule has 0 spiro atoms. The highest BCUT2D eigenvalue weighted by Crippen LogP contribution is 2.51. The van der Waals surface area contributed by atoms with Gasteiger partial charge in [-0.15, -0.1) is 0 Å². The van der Waals surface area contributed by atoms with Crippen LogP contribution in [0.4, 0.5) is 0 Å². The molecule has 1 aliphatic carbocycles. The number of nitrogens with zero attached hydrogens (tertiary/aromatic N) is 3. The van der Waals surface area contributed by atoms with Gasteiger partial charge in [-0.3, -0.25) is 9.79 Å². The number of Topliss-reactive ketones (excluding diaryl/α,β-unsaturated/α-hetero) is 1. The second-order valence-electron chi connectivity index (χ2n) is 9.10. The van der Waals surface area contributed by atoms with E-state index in [9.17, 15) is 20.4 Å². The van der Waals surface area contributed by atoms with Gasteiger partial charge in [-0.05, 0) is 67.7 Å². The summed E-state index contributed by atoms with van der Waals surface area (Å²) in [6, 6.07) is 8.64. The molecule has 6 nitrogen and oxygen atoms in total. The first-order chi connectivity index (χ1) is 14.8. The number of carbonyl (C=O) groups is 1. The van der Waals surface area contributed by atoms with Gasteiger partial charge in [0.05, 0.1) is 23.3 Å². The number of aliphatic imine (C=N–C) groups is 1. The van der Waals surface area contributed by atoms with Crippen LogP contribution in [-0.2, 0) is 4.74 Å². The van der Waals surface area contributed by atoms with Crippen molar-refractivity contribution in [2.24, 2.45) is 22.2 Å². The van der Waals surface area contributed by atoms with Crippen molar-refractivity contribution < 1.29 is 14.6 Å². The molecule has 1 saturated carbocycles. The fourth-order valence-electron chi connectivity index (χ4n) is 4.30. The molecule has 1 aromatic carbocycles. The van der Waals surface area contributed by atoms with Crippen LogP contribution in [0.1, 0.15) is 67.9 Å². The first-order valence-electron chi connectivity index (χ1n) is 10.7. The van der Waals surface area contributed by atoms with E-state index < -0.39 is 0 Å². The number of aliphatic hydroxyl groups is 1. The van der Waals surface area contributed by atoms with Crippen molar-refractivity contribution in [3.63, 3.8) is 0 Å². The topological polar surface area (TPSA) is 106 Å². The van der Waals surface area contributed by atoms with E-state index in [1.165, 1.54) is 6.07 Å². The molecule has 1 aromatic rings. The third kappa shape index (κ3) is 4.77. The minimum absolute atomic E-state index is 0.00951. The molecule has 0 aromatic heterocycles. The monoisotopic (exact) mass is 419 g/mol. The van der Waals surface area contributed by atoms with Gasteiger partial charge in [-0.25, -0.2) is 0 Å². The lowest BCUT2D eigenvalue weighted by Gasteiger charge is -2.26. The van der Waals surface area contributed by atoms with Gasteiger partial charge < -0.3 is 9.84 Å². The molecule has 0 saturated heterocycles. The normalized spacial score (nSPS) is 22.4. The first-order valence-corrected chi connectivity index (χ1v) is 10.7. The van der Waals surface area contributed by atoms with E-state index in [-0.39, 0.29) is 47.0 Å². The summed E-state index contributed by atoms with van der Waals surface area (Å²) in [6.07, 6.45) is 2.57. The molecule has 162 valence electrons. The zero-order valence-corrected chi connectivity index (χ0v) is 18.6. The number of allylic oxidation sites excluding steroid dienone is 2. The average Bonchev–Trinajstić information content (AvgIpc) is 3.57. The molecular formula is C25H29N3O3. The van der Waals surface area contributed by atoms with Crippen LogP contribution in [0.15, 0.2) is 34.3 Å². The summed E-state index contributed by atoms with van der Waals surface area (Å²) in [6.45, 7) is 6.16. The van der Waals surface area contributed by atoms with Gasteiger partial charge in [-0.1, -0.05) is 13.8 Å². The minimum atomic E-state index is -0.357. The Morgan fingerprint density at radius 1 is 1.26 bits per heavy atom. The fraction of sp³-hybridized carbons (Fsp3) is 0.520. The van der Waals surface area contributed by atoms with Crippen molar-refractivity contribution in [1.29, 1.82) is 10.5 Å². The number of benzene rings is 1. The summed E-state index contributed by atoms with van der Waals surface area (Å²) in [5, 5.41) is 28.6. The molecule has 2 unspecified atom stereocenters. The number of hydrogen-bond acceptors (Lipinski definition) is 6. The van der Waals surface area contributed by atoms with Gasteiger partial charge in [0.25, 0.3) is 0 Å². The Morgan fingerprint density at radius 3 is 2.32 bits per heavy atom. The second-order valence-corrected chi connectivity index (χ2v) is 9.10. The van der Waals surface area contributed by atoms with Crippen LogP contribution in [0.5, 0.6) is 0 Å². The smallest absolute Gasteiger partial charge is 0.189 e. The lowest BCUT2D eigenvalue weighted by molar-refractivity contribution is 0.0406. The Bertz CT molecular complexity index is 987. The van der Waals surface area contributed by atoms with Crippen LogP contribution >= 0.6 is 0 Å². The van der Waals surface area contributed by atoms with E-state index in [2.05, 4.69) is 13.8 Å². The van der Waals surface area contributed by atoms with Crippen LogP contribution in [0.25, 0.3) is 0 Å². The number of ether oxygens (including phenoxy) is 1. The Labute approximate surface area is 183 Å². The van der Waals surface area contributed by atoms with Gasteiger partial charge in [0.15, 0.2) is 12.0 Å². The van der Waals surface area contributed by atoms with Crippen LogP contribution < -0.4 is 0 Å². The number of rotatable bonds is 7. The summed E-state index contributed by atoms with van der Waals surface area (Å²) < 4.78 is 5.68. The molecule has 0 bridgehead atoms. The summed E-state index contributed by atoms with van der Waals surface area (Å²) in [5.74, 6) is 0.0565. The highest BCUT2D eigenvalue weighted by molar-refractivity contribution is 6.15. The fourth-order valence-corrected chi connectivity index (χ4v) is 4.30. The van der Waals surface area contributed by atoms with E-state index in [4.69, 9.17) is 9.73 Å². The molecule has 1 N–H and O–H groups in total. The summed E-state index contributed by atoms with van der Waals surface area (Å²) >= 11 is 0. The van der Waals surface area contributed by atoms with Crippen molar-refractivity contribution >= 4 is 11.5 Å². The number of carbonyl (C=O) groups excluding carboxylic acids is 1. The summed E-state index contributed by atoms with van der Waals surface area (Å²) in [5.41, 5.74) is 2.99. The zero-order valence-electron chi connectivity index (χ0n) is 18.6. The van der Waals surface area contributed by atoms with Gasteiger partial charge in [0.2, 0.25) is 0 Å². The largest absolute Gasteiger partial charge is 0.396 e. The number of hydrogen-bond donors (Lipinski definition) is 1. The molecule has 31 heavy (non-hydrogen) atoms. The minimum Gasteiger partial charge on any atom is -0.396 e. The third-order valence-electron chi connectivity index (χ3n) is 6.60. The third-order valence-corrected chi connectivity index (χ3v) is 6.60. The summed E-state index contributed by atoms with van der Waals surface area (Å²) in [4.78, 5) is 18.6. The van der Waals surface area contributed by atoms with Crippen molar-refractivity contribution in [2.45, 2.75) is 52.7 Å². The average molecular weight is 420 g/mol. The quantitative estimate of drug-likeness (QED) is 0.667. The maximum Gasteiger partial charge on any atom is 0.189 e. The molecule has 0 amide bonds. The van der Waals surface area contributed by atoms with Crippen LogP contribution in [0, 0.1) is 39.9 Å². The van der Waals surface area contributed by atoms with E-state index in [0.29, 0.717) is 24.0 Å². The molecule has 2 atom stereocenters. The molecular weight excluding hydrogens is 390 g/mol. The first kappa shape index (κ1) is 22.9. The molecule has 2 aliphatic rings. The van der Waals surface area contributed by atoms with E-state index >= 15 is 0 Å². The van der Waals surface area contributed by atoms with Crippen LogP contribution in [-0.4, -0.2) is 36.5 Å². The van der Waals surface area contributed by atoms with Gasteiger partial charge >= 0.3 is 0 Å². The molecule has 0 radical (unpaired) electrons. The highest BCUT2D eigenvalue weighted by atomic mass is 16.5. The predicted molar refractivity (Wildman–Crippen MR) is 117 cm³/mol. The van der Waals surface area contributed by atoms with Crippen LogP contribution in [0.3, 0.4) is 0 Å². The Kier molecular flexibility index (Phi) is 6.74. The Morgan fingerprint density at radius 2 is 1.87 bits per heavy atom. The van der Waals surface area contributed by atoms with E-state index in [0.717, 1.165) is 24.1 Å². The lowest BCUT2D eigenvalue weighted by Crippen LogP contribution is -2.26. The zero-order chi connectivity index (χ0) is 22.8. The molecule has 1 heterocycles. The van der Waals surface area contributed by atoms with E-state index in [1.807, 2.05) is 19.1 Å². The number of ketones is 1. The van der Waals surface area contributed by atoms with Crippen molar-refractivity contribution in [2.75, 3.05) is 13.7 Å². The molecule has 1 fully saturated rings. The number of methoxy groups -OCH3 is 1. The standard InChI is InChI=1S/C25H29N3O3/c1-15(2)20-10-21(23(30)19-8-17(12-26)7-18(9-19)13-27)22(11-25(14-29)5-6-25)16(3)28-24(20)31-4/h7-9,15,20,24,29H,5-6,10-11,14H2,1-4H3. The lowest BCUT2D eigenvalue weighted by atomic mass is 9.81. The number of nitriles is 2. The summed E-state index contributed by atoms with van der Waals surface area (Å²) in [7, 11) is 1.63. The highest BCUT2D eigenvalue weighted by Gasteiger charge is 2.44. The van der Waals surface area contributed by atoms with Crippen LogP contribution in [0.2, 0.25) is 0 Å². The SMILES string of the molecule is COC1N=C(C)C(CC2(CO)CC2)=C(C(=O)c2cc(C#N)cc(C#N)c2)CC1C(C)C. The number of aliphatic hydroxyl groups excluding tert-OH is 1. The molecule has 6 heteroatoms. The van der Waals surface area contributed by atoms with Gasteiger partial charge in [-0.2, -0.15) is 10.5 Å². The molecule has 1 aliphatic heterocycles. The maximum atomic E-state index is 13.8. The predicted octanol–water partition coefficient (Wildman–Crippen LogP) is 4.18. The van der Waals surface area contributed by atoms with Crippen molar-refractivity contribution in [3.05, 3.63) is 46.0 Å². The Hall–Kier alpha value is -2.80. The molecule has 3 rings (SSSR count). The van der Waals surface area contributed by atoms with Crippen molar-refractivity contribution in [1.82, 2.24) is 0 Å². The van der Waals surface area contributed by atoms with Crippen molar-refractivity contribution in [3.8, 4) is 12.1 Å². The van der Waals surface area contributed by atoms with Gasteiger partial charge in [0, 0.05) is 36.5 Å². The second kappa shape index (κ2) is 9.14. The van der Waals surface area contributed by atoms with E-state index in [1.54, 1.807) is 19.2 Å². The van der Waals surface area contributed by atoms with Gasteiger partial charge in [0.1, 0.15) is 0 Å². The Balaban J connectivity index is 2.15. The maximum absolute atomic E-state index is 13.8.